The summed E-state index contributed by atoms with van der Waals surface area (Å²) < 4.78 is 5.77. The Labute approximate surface area is 275 Å². The van der Waals surface area contributed by atoms with E-state index in [1.165, 1.54) is 0 Å². The number of unbranched alkanes of at least 4 members (excludes halogenated alkanes) is 1. The van der Waals surface area contributed by atoms with E-state index in [0.29, 0.717) is 18.5 Å². The number of alkyl carbamates (subject to hydrolysis) is 1. The van der Waals surface area contributed by atoms with Crippen LogP contribution in [0.4, 0.5) is 10.5 Å². The molecule has 3 amide bonds. The summed E-state index contributed by atoms with van der Waals surface area (Å²) in [6.07, 6.45) is 1.45. The Kier molecular flexibility index (Phi) is 11.7. The van der Waals surface area contributed by atoms with Gasteiger partial charge in [-0.2, -0.15) is 0 Å². The number of nitrogens with one attached hydrogen (secondary N) is 4. The average molecular weight is 635 g/mol. The van der Waals surface area contributed by atoms with Crippen LogP contribution in [0.25, 0.3) is 11.1 Å². The Hall–Kier alpha value is -4.99. The molecule has 0 spiro atoms. The first-order chi connectivity index (χ1) is 23.0. The van der Waals surface area contributed by atoms with Gasteiger partial charge in [0.15, 0.2) is 0 Å². The molecule has 9 nitrogen and oxygen atoms in total. The zero-order valence-corrected chi connectivity index (χ0v) is 26.6. The van der Waals surface area contributed by atoms with E-state index in [-0.39, 0.29) is 31.5 Å². The second-order valence-electron chi connectivity index (χ2n) is 11.7. The van der Waals surface area contributed by atoms with E-state index < -0.39 is 24.1 Å². The minimum atomic E-state index is -0.982. The molecular formula is C38H42N4O5. The number of fused-ring (bicyclic) bond motifs is 3. The summed E-state index contributed by atoms with van der Waals surface area (Å²) in [6, 6.07) is 30.7. The number of anilines is 1. The molecule has 2 atom stereocenters. The molecule has 1 aliphatic rings. The van der Waals surface area contributed by atoms with E-state index in [0.717, 1.165) is 46.3 Å². The molecule has 1 aliphatic carbocycles. The summed E-state index contributed by atoms with van der Waals surface area (Å²) in [5.74, 6) is -0.961. The number of rotatable bonds is 15. The SMILES string of the molecule is CNCCCC[C@H](NC(=O)[C@H](Cc1ccccc1)NC(=O)OCC1c2ccccc2-c2ccccc21)C(=O)Nc1ccc(CO)cc1. The monoisotopic (exact) mass is 634 g/mol. The summed E-state index contributed by atoms with van der Waals surface area (Å²) >= 11 is 0. The zero-order valence-electron chi connectivity index (χ0n) is 26.6. The van der Waals surface area contributed by atoms with Gasteiger partial charge in [0.05, 0.1) is 6.61 Å². The number of amides is 3. The van der Waals surface area contributed by atoms with Gasteiger partial charge >= 0.3 is 6.09 Å². The van der Waals surface area contributed by atoms with E-state index in [2.05, 4.69) is 45.5 Å². The molecular weight excluding hydrogens is 592 g/mol. The number of aliphatic hydroxyl groups is 1. The molecule has 4 aromatic carbocycles. The van der Waals surface area contributed by atoms with Crippen LogP contribution in [-0.4, -0.2) is 55.3 Å². The quantitative estimate of drug-likeness (QED) is 0.115. The summed E-state index contributed by atoms with van der Waals surface area (Å²) in [5, 5.41) is 21.0. The number of ether oxygens (including phenoxy) is 1. The van der Waals surface area contributed by atoms with Crippen molar-refractivity contribution in [3.05, 3.63) is 125 Å². The third-order valence-corrected chi connectivity index (χ3v) is 8.44. The van der Waals surface area contributed by atoms with Crippen LogP contribution in [0.1, 0.15) is 47.4 Å². The average Bonchev–Trinajstić information content (AvgIpc) is 3.42. The summed E-state index contributed by atoms with van der Waals surface area (Å²) in [6.45, 7) is 0.799. The van der Waals surface area contributed by atoms with Crippen molar-refractivity contribution in [2.45, 2.75) is 50.3 Å². The number of aliphatic hydroxyl groups excluding tert-OH is 1. The standard InChI is InChI=1S/C38H42N4O5/c1-39-22-10-9-17-34(36(44)40-28-20-18-27(24-43)19-21-28)41-37(45)35(23-26-11-3-2-4-12-26)42-38(46)47-25-33-31-15-7-5-13-29(31)30-14-6-8-16-32(30)33/h2-8,11-16,18-21,33-35,39,43H,9-10,17,22-25H2,1H3,(H,40,44)(H,41,45)(H,42,46)/t34-,35-/m0/s1. The van der Waals surface area contributed by atoms with Gasteiger partial charge in [-0.25, -0.2) is 4.79 Å². The van der Waals surface area contributed by atoms with Gasteiger partial charge in [-0.05, 0) is 78.4 Å². The first-order valence-corrected chi connectivity index (χ1v) is 16.1. The summed E-state index contributed by atoms with van der Waals surface area (Å²) in [4.78, 5) is 40.5. The van der Waals surface area contributed by atoms with Crippen LogP contribution in [0.2, 0.25) is 0 Å². The molecule has 47 heavy (non-hydrogen) atoms. The van der Waals surface area contributed by atoms with Gasteiger partial charge in [0.1, 0.15) is 18.7 Å². The van der Waals surface area contributed by atoms with Crippen LogP contribution in [0, 0.1) is 0 Å². The Bertz CT molecular complexity index is 1600. The van der Waals surface area contributed by atoms with Crippen molar-refractivity contribution in [3.8, 4) is 11.1 Å². The van der Waals surface area contributed by atoms with Crippen LogP contribution in [0.15, 0.2) is 103 Å². The van der Waals surface area contributed by atoms with Crippen molar-refractivity contribution in [2.75, 3.05) is 25.5 Å². The van der Waals surface area contributed by atoms with Crippen LogP contribution < -0.4 is 21.3 Å². The van der Waals surface area contributed by atoms with Crippen LogP contribution in [0.3, 0.4) is 0 Å². The van der Waals surface area contributed by atoms with Gasteiger partial charge in [0.2, 0.25) is 11.8 Å². The maximum atomic E-state index is 13.8. The summed E-state index contributed by atoms with van der Waals surface area (Å²) in [5.41, 5.74) is 6.58. The highest BCUT2D eigenvalue weighted by Gasteiger charge is 2.31. The molecule has 0 aliphatic heterocycles. The van der Waals surface area contributed by atoms with Gasteiger partial charge in [-0.1, -0.05) is 91.0 Å². The molecule has 0 bridgehead atoms. The van der Waals surface area contributed by atoms with E-state index in [4.69, 9.17) is 4.74 Å². The van der Waals surface area contributed by atoms with Crippen molar-refractivity contribution in [1.29, 1.82) is 0 Å². The predicted octanol–water partition coefficient (Wildman–Crippen LogP) is 5.14. The highest BCUT2D eigenvalue weighted by molar-refractivity contribution is 5.98. The van der Waals surface area contributed by atoms with Crippen molar-refractivity contribution >= 4 is 23.6 Å². The number of hydrogen-bond donors (Lipinski definition) is 5. The largest absolute Gasteiger partial charge is 0.449 e. The van der Waals surface area contributed by atoms with Gasteiger partial charge in [-0.15, -0.1) is 0 Å². The normalized spacial score (nSPS) is 13.1. The molecule has 0 radical (unpaired) electrons. The van der Waals surface area contributed by atoms with Crippen molar-refractivity contribution in [3.63, 3.8) is 0 Å². The molecule has 244 valence electrons. The van der Waals surface area contributed by atoms with Gasteiger partial charge in [-0.3, -0.25) is 9.59 Å². The lowest BCUT2D eigenvalue weighted by molar-refractivity contribution is -0.128. The predicted molar refractivity (Wildman–Crippen MR) is 183 cm³/mol. The molecule has 0 unspecified atom stereocenters. The molecule has 0 heterocycles. The van der Waals surface area contributed by atoms with Crippen molar-refractivity contribution in [2.24, 2.45) is 0 Å². The molecule has 9 heteroatoms. The first-order valence-electron chi connectivity index (χ1n) is 16.1. The topological polar surface area (TPSA) is 129 Å². The molecule has 0 fully saturated rings. The summed E-state index contributed by atoms with van der Waals surface area (Å²) in [7, 11) is 1.87. The second-order valence-corrected chi connectivity index (χ2v) is 11.7. The number of carbonyl (C=O) groups is 3. The molecule has 5 N–H and O–H groups in total. The molecule has 0 saturated heterocycles. The molecule has 5 rings (SSSR count). The van der Waals surface area contributed by atoms with Gasteiger partial charge in [0.25, 0.3) is 0 Å². The number of carbonyl (C=O) groups excluding carboxylic acids is 3. The smallest absolute Gasteiger partial charge is 0.407 e. The molecule has 4 aromatic rings. The fraction of sp³-hybridized carbons (Fsp3) is 0.289. The number of benzene rings is 4. The van der Waals surface area contributed by atoms with Crippen LogP contribution in [-0.2, 0) is 27.4 Å². The van der Waals surface area contributed by atoms with E-state index >= 15 is 0 Å². The molecule has 0 saturated carbocycles. The zero-order chi connectivity index (χ0) is 33.0. The van der Waals surface area contributed by atoms with Crippen LogP contribution >= 0.6 is 0 Å². The van der Waals surface area contributed by atoms with Gasteiger partial charge < -0.3 is 31.1 Å². The highest BCUT2D eigenvalue weighted by Crippen LogP contribution is 2.44. The fourth-order valence-corrected chi connectivity index (χ4v) is 5.96. The molecule has 0 aromatic heterocycles. The Balaban J connectivity index is 1.28. The first kappa shape index (κ1) is 33.4. The Morgan fingerprint density at radius 1 is 0.723 bits per heavy atom. The maximum Gasteiger partial charge on any atom is 0.407 e. The van der Waals surface area contributed by atoms with Crippen molar-refractivity contribution < 1.29 is 24.2 Å². The lowest BCUT2D eigenvalue weighted by atomic mass is 9.98. The minimum absolute atomic E-state index is 0.0994. The van der Waals surface area contributed by atoms with E-state index in [9.17, 15) is 19.5 Å². The van der Waals surface area contributed by atoms with Crippen LogP contribution in [0.5, 0.6) is 0 Å². The van der Waals surface area contributed by atoms with E-state index in [1.807, 2.05) is 61.6 Å². The third kappa shape index (κ3) is 8.84. The van der Waals surface area contributed by atoms with Crippen molar-refractivity contribution in [1.82, 2.24) is 16.0 Å². The third-order valence-electron chi connectivity index (χ3n) is 8.44. The maximum absolute atomic E-state index is 13.8. The Morgan fingerprint density at radius 3 is 2.00 bits per heavy atom. The Morgan fingerprint density at radius 2 is 1.36 bits per heavy atom. The van der Waals surface area contributed by atoms with Gasteiger partial charge in [0, 0.05) is 18.0 Å². The fourth-order valence-electron chi connectivity index (χ4n) is 5.96. The highest BCUT2D eigenvalue weighted by atomic mass is 16.5. The lowest BCUT2D eigenvalue weighted by Gasteiger charge is -2.24. The second kappa shape index (κ2) is 16.5. The minimum Gasteiger partial charge on any atom is -0.449 e. The lowest BCUT2D eigenvalue weighted by Crippen LogP contribution is -2.53. The van der Waals surface area contributed by atoms with E-state index in [1.54, 1.807) is 24.3 Å². The number of hydrogen-bond acceptors (Lipinski definition) is 6.